The zero-order chi connectivity index (χ0) is 20.7. The number of benzene rings is 1. The maximum absolute atomic E-state index is 13.3. The maximum Gasteiger partial charge on any atom is 0.229 e. The van der Waals surface area contributed by atoms with Gasteiger partial charge in [0.25, 0.3) is 0 Å². The molecule has 0 aliphatic carbocycles. The first-order chi connectivity index (χ1) is 14.6. The first kappa shape index (κ1) is 18.8. The van der Waals surface area contributed by atoms with Crippen LogP contribution < -0.4 is 5.32 Å². The van der Waals surface area contributed by atoms with Gasteiger partial charge in [-0.1, -0.05) is 24.3 Å². The summed E-state index contributed by atoms with van der Waals surface area (Å²) in [5.41, 5.74) is 1.98. The molecule has 0 bridgehead atoms. The molecule has 152 valence electrons. The van der Waals surface area contributed by atoms with E-state index in [1.54, 1.807) is 30.5 Å². The lowest BCUT2D eigenvalue weighted by Crippen LogP contribution is -2.06. The van der Waals surface area contributed by atoms with Crippen molar-refractivity contribution in [3.63, 3.8) is 0 Å². The van der Waals surface area contributed by atoms with Gasteiger partial charge in [0.1, 0.15) is 11.6 Å². The van der Waals surface area contributed by atoms with Crippen LogP contribution in [0.4, 0.5) is 5.82 Å². The minimum Gasteiger partial charge on any atom is -0.467 e. The molecule has 1 N–H and O–H groups in total. The van der Waals surface area contributed by atoms with Crippen molar-refractivity contribution in [3.8, 4) is 0 Å². The number of rotatable bonds is 6. The molecule has 4 aromatic heterocycles. The predicted octanol–water partition coefficient (Wildman–Crippen LogP) is 3.94. The summed E-state index contributed by atoms with van der Waals surface area (Å²) in [5, 5.41) is 13.0. The fraction of sp³-hybridized carbons (Fsp3) is 0.150. The van der Waals surface area contributed by atoms with Gasteiger partial charge in [0, 0.05) is 0 Å². The normalized spacial score (nSPS) is 12.0. The summed E-state index contributed by atoms with van der Waals surface area (Å²) < 4.78 is 34.2. The van der Waals surface area contributed by atoms with Gasteiger partial charge >= 0.3 is 0 Å². The summed E-state index contributed by atoms with van der Waals surface area (Å²) in [6.45, 7) is 2.44. The molecule has 0 radical (unpaired) electrons. The summed E-state index contributed by atoms with van der Waals surface area (Å²) >= 11 is 1.49. The Morgan fingerprint density at radius 1 is 1.17 bits per heavy atom. The Balaban J connectivity index is 1.63. The highest BCUT2D eigenvalue weighted by Gasteiger charge is 2.27. The molecule has 0 spiro atoms. The third-order valence-electron chi connectivity index (χ3n) is 4.83. The first-order valence-corrected chi connectivity index (χ1v) is 11.7. The van der Waals surface area contributed by atoms with Crippen LogP contribution in [0.2, 0.25) is 0 Å². The van der Waals surface area contributed by atoms with Crippen LogP contribution in [0.1, 0.15) is 18.2 Å². The topological polar surface area (TPSA) is 102 Å². The van der Waals surface area contributed by atoms with Crippen molar-refractivity contribution in [1.29, 1.82) is 0 Å². The van der Waals surface area contributed by atoms with Crippen LogP contribution in [-0.4, -0.2) is 28.2 Å². The van der Waals surface area contributed by atoms with Gasteiger partial charge in [0.2, 0.25) is 14.9 Å². The zero-order valence-electron chi connectivity index (χ0n) is 15.9. The van der Waals surface area contributed by atoms with Gasteiger partial charge in [-0.2, -0.15) is 4.52 Å². The van der Waals surface area contributed by atoms with E-state index in [2.05, 4.69) is 20.6 Å². The number of nitrogens with one attached hydrogen (secondary N) is 1. The smallest absolute Gasteiger partial charge is 0.229 e. The second kappa shape index (κ2) is 7.22. The summed E-state index contributed by atoms with van der Waals surface area (Å²) in [4.78, 5) is 4.74. The zero-order valence-corrected chi connectivity index (χ0v) is 17.6. The molecule has 0 aliphatic rings. The quantitative estimate of drug-likeness (QED) is 0.427. The van der Waals surface area contributed by atoms with E-state index in [1.807, 2.05) is 30.5 Å². The van der Waals surface area contributed by atoms with Crippen molar-refractivity contribution in [2.75, 3.05) is 5.32 Å². The van der Waals surface area contributed by atoms with E-state index in [9.17, 15) is 8.42 Å². The Hall–Kier alpha value is -3.24. The highest BCUT2D eigenvalue weighted by atomic mass is 32.2. The number of fused-ring (bicyclic) bond motifs is 3. The molecule has 0 amide bonds. The Kier molecular flexibility index (Phi) is 4.52. The van der Waals surface area contributed by atoms with Gasteiger partial charge in [0.15, 0.2) is 5.65 Å². The van der Waals surface area contributed by atoms with E-state index in [4.69, 9.17) is 4.42 Å². The molecule has 0 unspecified atom stereocenters. The monoisotopic (exact) mass is 439 g/mol. The van der Waals surface area contributed by atoms with Crippen molar-refractivity contribution >= 4 is 42.9 Å². The molecule has 8 nitrogen and oxygen atoms in total. The molecule has 1 aromatic carbocycles. The summed E-state index contributed by atoms with van der Waals surface area (Å²) in [6, 6.07) is 12.3. The Bertz CT molecular complexity index is 1440. The third-order valence-corrected chi connectivity index (χ3v) is 7.41. The maximum atomic E-state index is 13.3. The van der Waals surface area contributed by atoms with Crippen LogP contribution in [0, 0.1) is 0 Å². The molecular weight excluding hydrogens is 422 g/mol. The number of aromatic nitrogens is 4. The van der Waals surface area contributed by atoms with Gasteiger partial charge in [-0.05, 0) is 47.7 Å². The van der Waals surface area contributed by atoms with E-state index in [0.717, 1.165) is 28.0 Å². The molecule has 0 aliphatic heterocycles. The average Bonchev–Trinajstić information content (AvgIpc) is 3.52. The molecule has 10 heteroatoms. The second-order valence-corrected chi connectivity index (χ2v) is 9.44. The van der Waals surface area contributed by atoms with Crippen LogP contribution in [0.15, 0.2) is 68.4 Å². The number of sulfone groups is 1. The lowest BCUT2D eigenvalue weighted by atomic mass is 10.2. The molecule has 0 fully saturated rings. The number of anilines is 1. The van der Waals surface area contributed by atoms with Crippen LogP contribution in [0.3, 0.4) is 0 Å². The average molecular weight is 440 g/mol. The first-order valence-electron chi connectivity index (χ1n) is 9.31. The van der Waals surface area contributed by atoms with E-state index >= 15 is 0 Å². The molecule has 30 heavy (non-hydrogen) atoms. The van der Waals surface area contributed by atoms with Crippen LogP contribution in [0.25, 0.3) is 15.9 Å². The van der Waals surface area contributed by atoms with E-state index in [0.29, 0.717) is 12.4 Å². The largest absolute Gasteiger partial charge is 0.467 e. The van der Waals surface area contributed by atoms with E-state index < -0.39 is 9.84 Å². The highest BCUT2D eigenvalue weighted by Crippen LogP contribution is 2.31. The van der Waals surface area contributed by atoms with Gasteiger partial charge in [-0.25, -0.2) is 13.4 Å². The van der Waals surface area contributed by atoms with Crippen LogP contribution >= 0.6 is 11.3 Å². The molecule has 0 saturated carbocycles. The number of nitrogens with zero attached hydrogens (tertiary/aromatic N) is 4. The highest BCUT2D eigenvalue weighted by molar-refractivity contribution is 7.91. The summed E-state index contributed by atoms with van der Waals surface area (Å²) in [5.74, 6) is 1.31. The SMILES string of the molecule is CCc1ccc(S(=O)(=O)c2nnn3c2nc(NCc2ccco2)c2sccc23)cc1. The minimum absolute atomic E-state index is 0.166. The molecule has 0 atom stereocenters. The number of hydrogen-bond donors (Lipinski definition) is 1. The van der Waals surface area contributed by atoms with Gasteiger partial charge in [-0.15, -0.1) is 16.4 Å². The van der Waals surface area contributed by atoms with Crippen molar-refractivity contribution < 1.29 is 12.8 Å². The van der Waals surface area contributed by atoms with Gasteiger partial charge < -0.3 is 9.73 Å². The number of furan rings is 1. The van der Waals surface area contributed by atoms with Crippen molar-refractivity contribution in [1.82, 2.24) is 19.8 Å². The lowest BCUT2D eigenvalue weighted by molar-refractivity contribution is 0.518. The van der Waals surface area contributed by atoms with E-state index in [-0.39, 0.29) is 15.6 Å². The van der Waals surface area contributed by atoms with Gasteiger partial charge in [-0.3, -0.25) is 0 Å². The Labute approximate surface area is 176 Å². The van der Waals surface area contributed by atoms with E-state index in [1.165, 1.54) is 15.9 Å². The molecule has 5 aromatic rings. The number of thiophene rings is 1. The van der Waals surface area contributed by atoms with Crippen molar-refractivity contribution in [2.45, 2.75) is 29.8 Å². The summed E-state index contributed by atoms with van der Waals surface area (Å²) in [7, 11) is -3.87. The predicted molar refractivity (Wildman–Crippen MR) is 113 cm³/mol. The van der Waals surface area contributed by atoms with Crippen molar-refractivity contribution in [2.24, 2.45) is 0 Å². The lowest BCUT2D eigenvalue weighted by Gasteiger charge is -2.07. The van der Waals surface area contributed by atoms with Crippen LogP contribution in [-0.2, 0) is 22.8 Å². The molecule has 0 saturated heterocycles. The Morgan fingerprint density at radius 3 is 2.73 bits per heavy atom. The summed E-state index contributed by atoms with van der Waals surface area (Å²) in [6.07, 6.45) is 2.43. The van der Waals surface area contributed by atoms with Gasteiger partial charge in [0.05, 0.1) is 27.9 Å². The number of aryl methyl sites for hydroxylation is 1. The standard InChI is InChI=1S/C20H17N5O3S2/c1-2-13-5-7-15(8-6-13)30(26,27)20-19-22-18(21-12-14-4-3-10-28-14)17-16(9-11-29-17)25(19)24-23-20/h3-11H,2,12H2,1H3,(H,21,22). The fourth-order valence-electron chi connectivity index (χ4n) is 3.22. The van der Waals surface area contributed by atoms with Crippen LogP contribution in [0.5, 0.6) is 0 Å². The molecule has 5 rings (SSSR count). The number of hydrogen-bond acceptors (Lipinski definition) is 8. The fourth-order valence-corrected chi connectivity index (χ4v) is 5.29. The minimum atomic E-state index is -3.87. The molecule has 4 heterocycles. The van der Waals surface area contributed by atoms with Crippen molar-refractivity contribution in [3.05, 3.63) is 65.4 Å². The third kappa shape index (κ3) is 3.04. The second-order valence-electron chi connectivity index (χ2n) is 6.66. The Morgan fingerprint density at radius 2 is 2.00 bits per heavy atom. The molecular formula is C20H17N5O3S2.